The van der Waals surface area contributed by atoms with Crippen molar-refractivity contribution in [2.45, 2.75) is 20.4 Å². The molecule has 0 amide bonds. The second kappa shape index (κ2) is 6.26. The van der Waals surface area contributed by atoms with Gasteiger partial charge in [-0.05, 0) is 55.8 Å². The van der Waals surface area contributed by atoms with E-state index in [0.717, 1.165) is 39.6 Å². The first kappa shape index (κ1) is 15.7. The number of nitrogens with zero attached hydrogens (tertiary/aromatic N) is 3. The summed E-state index contributed by atoms with van der Waals surface area (Å²) in [6, 6.07) is 11.4. The van der Waals surface area contributed by atoms with E-state index in [1.54, 1.807) is 12.6 Å². The second-order valence-electron chi connectivity index (χ2n) is 5.93. The Kier molecular flexibility index (Phi) is 3.93. The number of furan rings is 1. The number of benzene rings is 1. The number of hydrogen-bond acceptors (Lipinski definition) is 4. The largest absolute Gasteiger partial charge is 0.467 e. The van der Waals surface area contributed by atoms with Gasteiger partial charge in [0.1, 0.15) is 23.6 Å². The van der Waals surface area contributed by atoms with Crippen LogP contribution in [0.4, 0.5) is 11.5 Å². The molecule has 1 aromatic carbocycles. The minimum absolute atomic E-state index is 0.639. The van der Waals surface area contributed by atoms with Crippen LogP contribution in [0.15, 0.2) is 53.4 Å². The van der Waals surface area contributed by atoms with Gasteiger partial charge >= 0.3 is 0 Å². The van der Waals surface area contributed by atoms with Gasteiger partial charge in [0.2, 0.25) is 0 Å². The van der Waals surface area contributed by atoms with Crippen molar-refractivity contribution in [3.8, 4) is 0 Å². The van der Waals surface area contributed by atoms with Crippen molar-refractivity contribution in [1.82, 2.24) is 14.5 Å². The summed E-state index contributed by atoms with van der Waals surface area (Å²) in [5, 5.41) is 5.09. The maximum atomic E-state index is 5.96. The second-order valence-corrected chi connectivity index (χ2v) is 6.37. The highest BCUT2D eigenvalue weighted by Gasteiger charge is 2.17. The Bertz CT molecular complexity index is 1020. The van der Waals surface area contributed by atoms with Crippen molar-refractivity contribution >= 4 is 34.1 Å². The third-order valence-electron chi connectivity index (χ3n) is 4.41. The standard InChI is InChI=1S/C19H17ClN4O/c1-12-13(2)24(10-16-4-3-9-25-16)19-17(12)18(21-11-22-19)23-15-7-5-14(20)6-8-15/h3-9,11H,10H2,1-2H3,(H,21,22,23). The Hall–Kier alpha value is -2.79. The maximum absolute atomic E-state index is 5.96. The summed E-state index contributed by atoms with van der Waals surface area (Å²) in [4.78, 5) is 8.95. The molecule has 0 aliphatic rings. The lowest BCUT2D eigenvalue weighted by Crippen LogP contribution is -2.02. The first-order valence-corrected chi connectivity index (χ1v) is 8.36. The van der Waals surface area contributed by atoms with Crippen LogP contribution < -0.4 is 5.32 Å². The van der Waals surface area contributed by atoms with Crippen LogP contribution in [0.1, 0.15) is 17.0 Å². The molecular formula is C19H17ClN4O. The summed E-state index contributed by atoms with van der Waals surface area (Å²) in [6.07, 6.45) is 3.27. The summed E-state index contributed by atoms with van der Waals surface area (Å²) in [7, 11) is 0. The van der Waals surface area contributed by atoms with Gasteiger partial charge in [0, 0.05) is 16.4 Å². The maximum Gasteiger partial charge on any atom is 0.146 e. The van der Waals surface area contributed by atoms with Gasteiger partial charge in [0.05, 0.1) is 18.2 Å². The molecular weight excluding hydrogens is 336 g/mol. The van der Waals surface area contributed by atoms with E-state index >= 15 is 0 Å². The number of aryl methyl sites for hydroxylation is 1. The highest BCUT2D eigenvalue weighted by Crippen LogP contribution is 2.31. The van der Waals surface area contributed by atoms with Crippen LogP contribution >= 0.6 is 11.6 Å². The molecule has 0 aliphatic heterocycles. The number of aromatic nitrogens is 3. The van der Waals surface area contributed by atoms with Crippen LogP contribution in [-0.2, 0) is 6.54 Å². The Morgan fingerprint density at radius 2 is 1.92 bits per heavy atom. The highest BCUT2D eigenvalue weighted by atomic mass is 35.5. The SMILES string of the molecule is Cc1c(C)n(Cc2ccco2)c2ncnc(Nc3ccc(Cl)cc3)c12. The third kappa shape index (κ3) is 2.87. The van der Waals surface area contributed by atoms with Gasteiger partial charge in [0.15, 0.2) is 0 Å². The summed E-state index contributed by atoms with van der Waals surface area (Å²) < 4.78 is 7.65. The molecule has 126 valence electrons. The molecule has 4 rings (SSSR count). The first-order valence-electron chi connectivity index (χ1n) is 7.99. The molecule has 6 heteroatoms. The lowest BCUT2D eigenvalue weighted by Gasteiger charge is -2.08. The Morgan fingerprint density at radius 1 is 1.12 bits per heavy atom. The monoisotopic (exact) mass is 352 g/mol. The predicted molar refractivity (Wildman–Crippen MR) is 99.5 cm³/mol. The van der Waals surface area contributed by atoms with Crippen LogP contribution in [0.3, 0.4) is 0 Å². The molecule has 0 saturated carbocycles. The van der Waals surface area contributed by atoms with Gasteiger partial charge in [-0.1, -0.05) is 11.6 Å². The summed E-state index contributed by atoms with van der Waals surface area (Å²) in [5.41, 5.74) is 4.11. The zero-order valence-corrected chi connectivity index (χ0v) is 14.7. The van der Waals surface area contributed by atoms with E-state index in [0.29, 0.717) is 11.6 Å². The first-order chi connectivity index (χ1) is 12.1. The number of hydrogen-bond donors (Lipinski definition) is 1. The smallest absolute Gasteiger partial charge is 0.146 e. The minimum atomic E-state index is 0.639. The average molecular weight is 353 g/mol. The fourth-order valence-corrected chi connectivity index (χ4v) is 3.11. The van der Waals surface area contributed by atoms with Crippen molar-refractivity contribution in [2.24, 2.45) is 0 Å². The summed E-state index contributed by atoms with van der Waals surface area (Å²) in [5.74, 6) is 1.68. The molecule has 0 spiro atoms. The quantitative estimate of drug-likeness (QED) is 0.556. The Labute approximate surface area is 150 Å². The molecule has 0 unspecified atom stereocenters. The molecule has 25 heavy (non-hydrogen) atoms. The molecule has 3 heterocycles. The van der Waals surface area contributed by atoms with Crippen LogP contribution in [0.25, 0.3) is 11.0 Å². The number of anilines is 2. The molecule has 5 nitrogen and oxygen atoms in total. The van der Waals surface area contributed by atoms with Crippen molar-refractivity contribution in [3.63, 3.8) is 0 Å². The Morgan fingerprint density at radius 3 is 2.64 bits per heavy atom. The van der Waals surface area contributed by atoms with Crippen molar-refractivity contribution in [2.75, 3.05) is 5.32 Å². The highest BCUT2D eigenvalue weighted by molar-refractivity contribution is 6.30. The average Bonchev–Trinajstić information content (AvgIpc) is 3.21. The molecule has 1 N–H and O–H groups in total. The van der Waals surface area contributed by atoms with Crippen molar-refractivity contribution in [3.05, 3.63) is 71.0 Å². The third-order valence-corrected chi connectivity index (χ3v) is 4.66. The van der Waals surface area contributed by atoms with E-state index in [9.17, 15) is 0 Å². The van der Waals surface area contributed by atoms with Crippen LogP contribution in [0, 0.1) is 13.8 Å². The van der Waals surface area contributed by atoms with E-state index in [-0.39, 0.29) is 0 Å². The molecule has 0 saturated heterocycles. The lowest BCUT2D eigenvalue weighted by molar-refractivity contribution is 0.494. The van der Waals surface area contributed by atoms with E-state index in [1.165, 1.54) is 0 Å². The van der Waals surface area contributed by atoms with Gasteiger partial charge in [-0.2, -0.15) is 0 Å². The Balaban J connectivity index is 1.80. The van der Waals surface area contributed by atoms with Gasteiger partial charge in [0.25, 0.3) is 0 Å². The van der Waals surface area contributed by atoms with Crippen molar-refractivity contribution < 1.29 is 4.42 Å². The topological polar surface area (TPSA) is 55.9 Å². The van der Waals surface area contributed by atoms with Crippen LogP contribution in [0.5, 0.6) is 0 Å². The number of nitrogens with one attached hydrogen (secondary N) is 1. The molecule has 0 radical (unpaired) electrons. The van der Waals surface area contributed by atoms with Gasteiger partial charge in [-0.25, -0.2) is 9.97 Å². The van der Waals surface area contributed by atoms with E-state index in [4.69, 9.17) is 16.0 Å². The van der Waals surface area contributed by atoms with Crippen molar-refractivity contribution in [1.29, 1.82) is 0 Å². The van der Waals surface area contributed by atoms with Crippen LogP contribution in [-0.4, -0.2) is 14.5 Å². The fourth-order valence-electron chi connectivity index (χ4n) is 2.99. The fraction of sp³-hybridized carbons (Fsp3) is 0.158. The van der Waals surface area contributed by atoms with Gasteiger partial charge in [-0.15, -0.1) is 0 Å². The minimum Gasteiger partial charge on any atom is -0.467 e. The predicted octanol–water partition coefficient (Wildman–Crippen LogP) is 5.09. The molecule has 0 aliphatic carbocycles. The van der Waals surface area contributed by atoms with Crippen LogP contribution in [0.2, 0.25) is 5.02 Å². The lowest BCUT2D eigenvalue weighted by atomic mass is 10.2. The molecule has 0 bridgehead atoms. The van der Waals surface area contributed by atoms with E-state index in [2.05, 4.69) is 33.7 Å². The molecule has 4 aromatic rings. The summed E-state index contributed by atoms with van der Waals surface area (Å²) in [6.45, 7) is 4.82. The van der Waals surface area contributed by atoms with E-state index in [1.807, 2.05) is 36.4 Å². The van der Waals surface area contributed by atoms with E-state index < -0.39 is 0 Å². The zero-order valence-electron chi connectivity index (χ0n) is 14.0. The normalized spacial score (nSPS) is 11.2. The van der Waals surface area contributed by atoms with Gasteiger partial charge < -0.3 is 14.3 Å². The molecule has 3 aromatic heterocycles. The summed E-state index contributed by atoms with van der Waals surface area (Å²) >= 11 is 5.96. The number of rotatable bonds is 4. The van der Waals surface area contributed by atoms with Gasteiger partial charge in [-0.3, -0.25) is 0 Å². The molecule has 0 atom stereocenters. The number of halogens is 1. The number of fused-ring (bicyclic) bond motifs is 1. The molecule has 0 fully saturated rings. The zero-order chi connectivity index (χ0) is 17.4.